The molecule has 0 fully saturated rings. The number of thiazole rings is 1. The summed E-state index contributed by atoms with van der Waals surface area (Å²) in [6.07, 6.45) is -2.85. The highest BCUT2D eigenvalue weighted by Gasteiger charge is 2.29. The standard InChI is InChI=1S/C9H9F3N2O2S/c10-9(11,12)4-16-8(15)14-7-13-5-2-1-3-6(5)17-7/h1-4H2,(H,13,14,15). The molecule has 8 heteroatoms. The van der Waals surface area contributed by atoms with Gasteiger partial charge in [-0.1, -0.05) is 0 Å². The van der Waals surface area contributed by atoms with Gasteiger partial charge in [-0.05, 0) is 19.3 Å². The highest BCUT2D eigenvalue weighted by atomic mass is 32.1. The van der Waals surface area contributed by atoms with Gasteiger partial charge in [-0.2, -0.15) is 13.2 Å². The molecule has 1 aromatic rings. The SMILES string of the molecule is O=C(Nc1nc2c(s1)CCC2)OCC(F)(F)F. The van der Waals surface area contributed by atoms with Crippen LogP contribution >= 0.6 is 11.3 Å². The van der Waals surface area contributed by atoms with E-state index in [9.17, 15) is 18.0 Å². The molecule has 0 aliphatic heterocycles. The molecule has 0 aromatic carbocycles. The Labute approximate surface area is 98.8 Å². The van der Waals surface area contributed by atoms with Gasteiger partial charge in [0.2, 0.25) is 0 Å². The number of aryl methyl sites for hydroxylation is 2. The second kappa shape index (κ2) is 4.52. The van der Waals surface area contributed by atoms with Crippen molar-refractivity contribution in [3.8, 4) is 0 Å². The fourth-order valence-electron chi connectivity index (χ4n) is 1.51. The zero-order valence-electron chi connectivity index (χ0n) is 8.63. The zero-order valence-corrected chi connectivity index (χ0v) is 9.45. The fraction of sp³-hybridized carbons (Fsp3) is 0.556. The van der Waals surface area contributed by atoms with Crippen molar-refractivity contribution in [2.75, 3.05) is 11.9 Å². The molecular weight excluding hydrogens is 257 g/mol. The van der Waals surface area contributed by atoms with Crippen LogP contribution in [0.25, 0.3) is 0 Å². The van der Waals surface area contributed by atoms with Crippen LogP contribution in [-0.2, 0) is 17.6 Å². The molecule has 94 valence electrons. The van der Waals surface area contributed by atoms with Crippen LogP contribution in [0, 0.1) is 0 Å². The minimum absolute atomic E-state index is 0.293. The van der Waals surface area contributed by atoms with Gasteiger partial charge in [-0.3, -0.25) is 5.32 Å². The Morgan fingerprint density at radius 1 is 1.47 bits per heavy atom. The molecule has 2 rings (SSSR count). The maximum atomic E-state index is 11.8. The van der Waals surface area contributed by atoms with Crippen molar-refractivity contribution in [3.05, 3.63) is 10.6 Å². The number of amides is 1. The predicted molar refractivity (Wildman–Crippen MR) is 55.2 cm³/mol. The Bertz CT molecular complexity index is 409. The maximum Gasteiger partial charge on any atom is 0.422 e. The van der Waals surface area contributed by atoms with E-state index in [1.807, 2.05) is 0 Å². The minimum Gasteiger partial charge on any atom is -0.440 e. The molecule has 1 heterocycles. The van der Waals surface area contributed by atoms with Gasteiger partial charge >= 0.3 is 12.3 Å². The number of anilines is 1. The molecule has 1 aromatic heterocycles. The van der Waals surface area contributed by atoms with Crippen molar-refractivity contribution in [2.45, 2.75) is 25.4 Å². The lowest BCUT2D eigenvalue weighted by molar-refractivity contribution is -0.159. The van der Waals surface area contributed by atoms with Crippen LogP contribution in [0.2, 0.25) is 0 Å². The van der Waals surface area contributed by atoms with Gasteiger partial charge in [0.15, 0.2) is 11.7 Å². The van der Waals surface area contributed by atoms with Gasteiger partial charge < -0.3 is 4.74 Å². The Morgan fingerprint density at radius 2 is 2.24 bits per heavy atom. The Hall–Kier alpha value is -1.31. The Morgan fingerprint density at radius 3 is 2.88 bits per heavy atom. The first-order valence-corrected chi connectivity index (χ1v) is 5.75. The van der Waals surface area contributed by atoms with E-state index in [0.29, 0.717) is 5.13 Å². The molecule has 0 spiro atoms. The van der Waals surface area contributed by atoms with Gasteiger partial charge in [0.25, 0.3) is 0 Å². The van der Waals surface area contributed by atoms with Crippen LogP contribution in [0.3, 0.4) is 0 Å². The number of halogens is 3. The van der Waals surface area contributed by atoms with Crippen molar-refractivity contribution in [1.29, 1.82) is 0 Å². The average molecular weight is 266 g/mol. The molecule has 0 atom stereocenters. The maximum absolute atomic E-state index is 11.8. The van der Waals surface area contributed by atoms with Crippen molar-refractivity contribution in [3.63, 3.8) is 0 Å². The predicted octanol–water partition coefficient (Wildman–Crippen LogP) is 2.74. The molecule has 0 saturated heterocycles. The third-order valence-electron chi connectivity index (χ3n) is 2.17. The lowest BCUT2D eigenvalue weighted by atomic mass is 10.4. The van der Waals surface area contributed by atoms with E-state index in [1.165, 1.54) is 11.3 Å². The van der Waals surface area contributed by atoms with Gasteiger partial charge in [-0.25, -0.2) is 9.78 Å². The normalized spacial score (nSPS) is 14.5. The molecule has 0 unspecified atom stereocenters. The second-order valence-electron chi connectivity index (χ2n) is 3.56. The van der Waals surface area contributed by atoms with Crippen LogP contribution in [0.4, 0.5) is 23.1 Å². The zero-order chi connectivity index (χ0) is 12.5. The molecule has 1 aliphatic carbocycles. The van der Waals surface area contributed by atoms with E-state index in [4.69, 9.17) is 0 Å². The highest BCUT2D eigenvalue weighted by molar-refractivity contribution is 7.15. The van der Waals surface area contributed by atoms with E-state index in [0.717, 1.165) is 29.8 Å². The van der Waals surface area contributed by atoms with Crippen molar-refractivity contribution >= 4 is 22.6 Å². The van der Waals surface area contributed by atoms with Crippen LogP contribution in [-0.4, -0.2) is 23.9 Å². The fourth-order valence-corrected chi connectivity index (χ4v) is 2.55. The summed E-state index contributed by atoms with van der Waals surface area (Å²) in [5.74, 6) is 0. The summed E-state index contributed by atoms with van der Waals surface area (Å²) in [7, 11) is 0. The molecule has 4 nitrogen and oxygen atoms in total. The van der Waals surface area contributed by atoms with E-state index in [1.54, 1.807) is 0 Å². The quantitative estimate of drug-likeness (QED) is 0.895. The number of aromatic nitrogens is 1. The third kappa shape index (κ3) is 3.32. The van der Waals surface area contributed by atoms with E-state index in [-0.39, 0.29) is 0 Å². The second-order valence-corrected chi connectivity index (χ2v) is 4.64. The van der Waals surface area contributed by atoms with Crippen molar-refractivity contribution < 1.29 is 22.7 Å². The summed E-state index contributed by atoms with van der Waals surface area (Å²) in [4.78, 5) is 16.2. The molecule has 1 amide bonds. The number of fused-ring (bicyclic) bond motifs is 1. The van der Waals surface area contributed by atoms with Crippen LogP contribution in [0.1, 0.15) is 17.0 Å². The minimum atomic E-state index is -4.51. The summed E-state index contributed by atoms with van der Waals surface area (Å²) in [6.45, 7) is -1.59. The largest absolute Gasteiger partial charge is 0.440 e. The number of hydrogen-bond acceptors (Lipinski definition) is 4. The third-order valence-corrected chi connectivity index (χ3v) is 3.24. The number of carbonyl (C=O) groups is 1. The molecule has 0 radical (unpaired) electrons. The first kappa shape index (κ1) is 12.2. The van der Waals surface area contributed by atoms with Crippen molar-refractivity contribution in [1.82, 2.24) is 4.98 Å². The number of ether oxygens (including phenoxy) is 1. The van der Waals surface area contributed by atoms with Gasteiger partial charge in [0.05, 0.1) is 5.69 Å². The van der Waals surface area contributed by atoms with Crippen LogP contribution in [0.5, 0.6) is 0 Å². The Kier molecular flexibility index (Phi) is 3.23. The topological polar surface area (TPSA) is 51.2 Å². The first-order valence-electron chi connectivity index (χ1n) is 4.93. The molecule has 1 N–H and O–H groups in total. The van der Waals surface area contributed by atoms with Crippen molar-refractivity contribution in [2.24, 2.45) is 0 Å². The summed E-state index contributed by atoms with van der Waals surface area (Å²) >= 11 is 1.28. The van der Waals surface area contributed by atoms with Gasteiger partial charge in [0.1, 0.15) is 0 Å². The first-order chi connectivity index (χ1) is 7.94. The average Bonchev–Trinajstić information content (AvgIpc) is 2.73. The lowest BCUT2D eigenvalue weighted by Gasteiger charge is -2.07. The molecular formula is C9H9F3N2O2S. The molecule has 17 heavy (non-hydrogen) atoms. The summed E-state index contributed by atoms with van der Waals surface area (Å²) in [5.41, 5.74) is 0.918. The summed E-state index contributed by atoms with van der Waals surface area (Å²) in [5, 5.41) is 2.48. The summed E-state index contributed by atoms with van der Waals surface area (Å²) < 4.78 is 39.3. The number of nitrogens with one attached hydrogen (secondary N) is 1. The lowest BCUT2D eigenvalue weighted by Crippen LogP contribution is -2.23. The van der Waals surface area contributed by atoms with E-state index >= 15 is 0 Å². The molecule has 0 bridgehead atoms. The number of carbonyl (C=O) groups excluding carboxylic acids is 1. The van der Waals surface area contributed by atoms with Crippen LogP contribution < -0.4 is 5.32 Å². The number of alkyl halides is 3. The monoisotopic (exact) mass is 266 g/mol. The van der Waals surface area contributed by atoms with E-state index < -0.39 is 18.9 Å². The number of nitrogens with zero attached hydrogens (tertiary/aromatic N) is 1. The molecule has 0 saturated carbocycles. The summed E-state index contributed by atoms with van der Waals surface area (Å²) in [6, 6.07) is 0. The van der Waals surface area contributed by atoms with Gasteiger partial charge in [-0.15, -0.1) is 11.3 Å². The highest BCUT2D eigenvalue weighted by Crippen LogP contribution is 2.30. The number of hydrogen-bond donors (Lipinski definition) is 1. The Balaban J connectivity index is 1.86. The number of rotatable bonds is 2. The van der Waals surface area contributed by atoms with Gasteiger partial charge in [0, 0.05) is 4.88 Å². The smallest absolute Gasteiger partial charge is 0.422 e. The van der Waals surface area contributed by atoms with Crippen LogP contribution in [0.15, 0.2) is 0 Å². The molecule has 1 aliphatic rings. The van der Waals surface area contributed by atoms with E-state index in [2.05, 4.69) is 15.0 Å².